The Morgan fingerprint density at radius 3 is 2.70 bits per heavy atom. The summed E-state index contributed by atoms with van der Waals surface area (Å²) < 4.78 is 30.0. The van der Waals surface area contributed by atoms with Crippen molar-refractivity contribution in [1.29, 1.82) is 0 Å². The van der Waals surface area contributed by atoms with E-state index in [1.807, 2.05) is 0 Å². The molecule has 1 aromatic heterocycles. The predicted octanol–water partition coefficient (Wildman–Crippen LogP) is 1.12. The fourth-order valence-electron chi connectivity index (χ4n) is 1.57. The van der Waals surface area contributed by atoms with Gasteiger partial charge >= 0.3 is 0 Å². The Bertz CT molecular complexity index is 681. The van der Waals surface area contributed by atoms with E-state index in [-0.39, 0.29) is 4.90 Å². The van der Waals surface area contributed by atoms with Crippen molar-refractivity contribution in [2.75, 3.05) is 25.1 Å². The molecule has 1 aromatic carbocycles. The fourth-order valence-corrected chi connectivity index (χ4v) is 2.50. The van der Waals surface area contributed by atoms with E-state index in [9.17, 15) is 8.42 Å². The molecule has 0 spiro atoms. The van der Waals surface area contributed by atoms with Crippen LogP contribution in [0.25, 0.3) is 0 Å². The summed E-state index contributed by atoms with van der Waals surface area (Å²) in [5, 5.41) is 6.79. The van der Waals surface area contributed by atoms with Crippen molar-refractivity contribution in [2.45, 2.75) is 11.4 Å². The van der Waals surface area contributed by atoms with Gasteiger partial charge in [-0.25, -0.2) is 12.7 Å². The first-order valence-electron chi connectivity index (χ1n) is 5.86. The summed E-state index contributed by atoms with van der Waals surface area (Å²) in [7, 11) is -0.524. The minimum absolute atomic E-state index is 0.180. The van der Waals surface area contributed by atoms with Gasteiger partial charge in [0.2, 0.25) is 10.0 Å². The fraction of sp³-hybridized carbons (Fsp3) is 0.250. The molecule has 0 saturated heterocycles. The standard InChI is InChI=1S/C12H16N4O3S/c1-16(2)20(17,18)10-3-4-11(13)12(7-10)14-8-9-5-6-19-15-9/h3-7,14H,8,13H2,1-2H3. The lowest BCUT2D eigenvalue weighted by Gasteiger charge is -2.14. The molecule has 0 aliphatic carbocycles. The summed E-state index contributed by atoms with van der Waals surface area (Å²) in [6.07, 6.45) is 1.47. The maximum atomic E-state index is 12.1. The normalized spacial score (nSPS) is 11.8. The Labute approximate surface area is 117 Å². The van der Waals surface area contributed by atoms with Crippen LogP contribution in [0, 0.1) is 0 Å². The highest BCUT2D eigenvalue weighted by Crippen LogP contribution is 2.24. The van der Waals surface area contributed by atoms with Crippen LogP contribution >= 0.6 is 0 Å². The molecule has 20 heavy (non-hydrogen) atoms. The second-order valence-electron chi connectivity index (χ2n) is 4.38. The number of benzene rings is 1. The summed E-state index contributed by atoms with van der Waals surface area (Å²) >= 11 is 0. The molecule has 0 fully saturated rings. The van der Waals surface area contributed by atoms with Crippen molar-refractivity contribution in [1.82, 2.24) is 9.46 Å². The molecule has 2 rings (SSSR count). The van der Waals surface area contributed by atoms with Gasteiger partial charge in [0, 0.05) is 20.2 Å². The zero-order chi connectivity index (χ0) is 14.8. The first kappa shape index (κ1) is 14.4. The zero-order valence-corrected chi connectivity index (χ0v) is 12.0. The average Bonchev–Trinajstić information content (AvgIpc) is 2.90. The van der Waals surface area contributed by atoms with Crippen LogP contribution in [0.2, 0.25) is 0 Å². The largest absolute Gasteiger partial charge is 0.397 e. The van der Waals surface area contributed by atoms with Crippen molar-refractivity contribution >= 4 is 21.4 Å². The summed E-state index contributed by atoms with van der Waals surface area (Å²) in [6.45, 7) is 0.395. The third-order valence-corrected chi connectivity index (χ3v) is 4.57. The molecule has 3 N–H and O–H groups in total. The van der Waals surface area contributed by atoms with Crippen molar-refractivity contribution < 1.29 is 12.9 Å². The molecular formula is C12H16N4O3S. The quantitative estimate of drug-likeness (QED) is 0.802. The third-order valence-electron chi connectivity index (χ3n) is 2.75. The second-order valence-corrected chi connectivity index (χ2v) is 6.53. The van der Waals surface area contributed by atoms with Gasteiger partial charge in [0.1, 0.15) is 12.0 Å². The van der Waals surface area contributed by atoms with Crippen LogP contribution in [0.3, 0.4) is 0 Å². The van der Waals surface area contributed by atoms with Crippen LogP contribution in [0.4, 0.5) is 11.4 Å². The minimum atomic E-state index is -3.48. The average molecular weight is 296 g/mol. The number of hydrogen-bond acceptors (Lipinski definition) is 6. The van der Waals surface area contributed by atoms with Gasteiger partial charge in [-0.05, 0) is 18.2 Å². The number of nitrogens with two attached hydrogens (primary N) is 1. The maximum Gasteiger partial charge on any atom is 0.242 e. The Morgan fingerprint density at radius 1 is 1.35 bits per heavy atom. The van der Waals surface area contributed by atoms with Crippen LogP contribution in [0.15, 0.2) is 39.9 Å². The molecule has 1 heterocycles. The monoisotopic (exact) mass is 296 g/mol. The van der Waals surface area contributed by atoms with Crippen molar-refractivity contribution in [3.05, 3.63) is 36.2 Å². The molecule has 0 aliphatic heterocycles. The molecular weight excluding hydrogens is 280 g/mol. The smallest absolute Gasteiger partial charge is 0.242 e. The zero-order valence-electron chi connectivity index (χ0n) is 11.2. The molecule has 108 valence electrons. The van der Waals surface area contributed by atoms with Crippen LogP contribution in [0.5, 0.6) is 0 Å². The third kappa shape index (κ3) is 2.91. The van der Waals surface area contributed by atoms with Crippen molar-refractivity contribution in [2.24, 2.45) is 0 Å². The Hall–Kier alpha value is -2.06. The highest BCUT2D eigenvalue weighted by atomic mass is 32.2. The van der Waals surface area contributed by atoms with E-state index >= 15 is 0 Å². The van der Waals surface area contributed by atoms with E-state index < -0.39 is 10.0 Å². The van der Waals surface area contributed by atoms with Gasteiger partial charge in [0.25, 0.3) is 0 Å². The van der Waals surface area contributed by atoms with Crippen LogP contribution < -0.4 is 11.1 Å². The van der Waals surface area contributed by atoms with E-state index in [0.717, 1.165) is 4.31 Å². The van der Waals surface area contributed by atoms with Gasteiger partial charge in [0.05, 0.1) is 22.8 Å². The SMILES string of the molecule is CN(C)S(=O)(=O)c1ccc(N)c(NCc2ccon2)c1. The number of nitrogens with one attached hydrogen (secondary N) is 1. The van der Waals surface area contributed by atoms with Crippen molar-refractivity contribution in [3.63, 3.8) is 0 Å². The highest BCUT2D eigenvalue weighted by molar-refractivity contribution is 7.89. The second kappa shape index (κ2) is 5.51. The van der Waals surface area contributed by atoms with Crippen LogP contribution in [-0.2, 0) is 16.6 Å². The Balaban J connectivity index is 2.25. The lowest BCUT2D eigenvalue weighted by Crippen LogP contribution is -2.22. The van der Waals surface area contributed by atoms with Gasteiger partial charge < -0.3 is 15.6 Å². The summed E-state index contributed by atoms with van der Waals surface area (Å²) in [6, 6.07) is 6.25. The first-order valence-corrected chi connectivity index (χ1v) is 7.30. The molecule has 2 aromatic rings. The number of rotatable bonds is 5. The number of nitrogens with zero attached hydrogens (tertiary/aromatic N) is 2. The van der Waals surface area contributed by atoms with Gasteiger partial charge in [0.15, 0.2) is 0 Å². The number of sulfonamides is 1. The molecule has 8 heteroatoms. The number of anilines is 2. The summed E-state index contributed by atoms with van der Waals surface area (Å²) in [5.41, 5.74) is 7.53. The minimum Gasteiger partial charge on any atom is -0.397 e. The van der Waals surface area contributed by atoms with Gasteiger partial charge in [-0.3, -0.25) is 0 Å². The molecule has 0 radical (unpaired) electrons. The van der Waals surface area contributed by atoms with Gasteiger partial charge in [-0.1, -0.05) is 5.16 Å². The van der Waals surface area contributed by atoms with Gasteiger partial charge in [-0.2, -0.15) is 0 Å². The van der Waals surface area contributed by atoms with Crippen LogP contribution in [-0.4, -0.2) is 32.0 Å². The number of aromatic nitrogens is 1. The molecule has 0 unspecified atom stereocenters. The number of nitrogen functional groups attached to an aromatic ring is 1. The summed E-state index contributed by atoms with van der Waals surface area (Å²) in [4.78, 5) is 0.180. The van der Waals surface area contributed by atoms with Gasteiger partial charge in [-0.15, -0.1) is 0 Å². The van der Waals surface area contributed by atoms with Crippen LogP contribution in [0.1, 0.15) is 5.69 Å². The molecule has 0 aliphatic rings. The Morgan fingerprint density at radius 2 is 2.10 bits per heavy atom. The van der Waals surface area contributed by atoms with E-state index in [4.69, 9.17) is 10.3 Å². The lowest BCUT2D eigenvalue weighted by atomic mass is 10.2. The molecule has 0 amide bonds. The predicted molar refractivity (Wildman–Crippen MR) is 75.6 cm³/mol. The highest BCUT2D eigenvalue weighted by Gasteiger charge is 2.18. The molecule has 7 nitrogen and oxygen atoms in total. The van der Waals surface area contributed by atoms with E-state index in [1.54, 1.807) is 12.1 Å². The molecule has 0 bridgehead atoms. The maximum absolute atomic E-state index is 12.1. The number of hydrogen-bond donors (Lipinski definition) is 2. The van der Waals surface area contributed by atoms with E-state index in [2.05, 4.69) is 10.5 Å². The first-order chi connectivity index (χ1) is 9.41. The lowest BCUT2D eigenvalue weighted by molar-refractivity contribution is 0.412. The Kier molecular flexibility index (Phi) is 3.96. The van der Waals surface area contributed by atoms with E-state index in [0.29, 0.717) is 23.6 Å². The topological polar surface area (TPSA) is 101 Å². The molecule has 0 saturated carbocycles. The van der Waals surface area contributed by atoms with Crippen molar-refractivity contribution in [3.8, 4) is 0 Å². The summed E-state index contributed by atoms with van der Waals surface area (Å²) in [5.74, 6) is 0. The van der Waals surface area contributed by atoms with E-state index in [1.165, 1.54) is 32.5 Å². The molecule has 0 atom stereocenters.